The zero-order valence-corrected chi connectivity index (χ0v) is 8.93. The Balaban J connectivity index is 2.35. The smallest absolute Gasteiger partial charge is 0.321 e. The van der Waals surface area contributed by atoms with E-state index < -0.39 is 5.97 Å². The Morgan fingerprint density at radius 3 is 2.92 bits per heavy atom. The summed E-state index contributed by atoms with van der Waals surface area (Å²) in [7, 11) is 0. The van der Waals surface area contributed by atoms with Crippen LogP contribution in [0.5, 0.6) is 0 Å². The van der Waals surface area contributed by atoms with Crippen molar-refractivity contribution < 1.29 is 9.90 Å². The number of aliphatic carboxylic acids is 1. The molecule has 3 nitrogen and oxygen atoms in total. The highest BCUT2D eigenvalue weighted by molar-refractivity contribution is 8.00. The fourth-order valence-corrected chi connectivity index (χ4v) is 2.94. The van der Waals surface area contributed by atoms with Crippen molar-refractivity contribution in [1.29, 1.82) is 0 Å². The molecule has 13 heavy (non-hydrogen) atoms. The molecule has 1 aliphatic rings. The zero-order valence-electron chi connectivity index (χ0n) is 8.12. The lowest BCUT2D eigenvalue weighted by molar-refractivity contribution is -0.138. The average Bonchev–Trinajstić information content (AvgIpc) is 2.52. The molecule has 0 spiro atoms. The van der Waals surface area contributed by atoms with Crippen molar-refractivity contribution >= 4 is 17.7 Å². The molecule has 0 aromatic rings. The molecule has 2 N–H and O–H groups in total. The van der Waals surface area contributed by atoms with Gasteiger partial charge in [0.05, 0.1) is 5.37 Å². The van der Waals surface area contributed by atoms with Gasteiger partial charge in [-0.05, 0) is 12.3 Å². The van der Waals surface area contributed by atoms with Crippen molar-refractivity contribution in [3.63, 3.8) is 0 Å². The minimum Gasteiger partial charge on any atom is -0.480 e. The molecule has 0 aromatic heterocycles. The van der Waals surface area contributed by atoms with Gasteiger partial charge >= 0.3 is 5.97 Å². The number of hydrogen-bond acceptors (Lipinski definition) is 3. The van der Waals surface area contributed by atoms with Crippen LogP contribution < -0.4 is 5.32 Å². The lowest BCUT2D eigenvalue weighted by atomic mass is 10.1. The van der Waals surface area contributed by atoms with Gasteiger partial charge in [-0.1, -0.05) is 20.3 Å². The topological polar surface area (TPSA) is 49.3 Å². The van der Waals surface area contributed by atoms with E-state index in [0.29, 0.717) is 17.0 Å². The molecule has 0 bridgehead atoms. The average molecular weight is 203 g/mol. The summed E-state index contributed by atoms with van der Waals surface area (Å²) in [4.78, 5) is 10.7. The number of carbonyl (C=O) groups is 1. The fraction of sp³-hybridized carbons (Fsp3) is 0.889. The van der Waals surface area contributed by atoms with Crippen molar-refractivity contribution in [3.05, 3.63) is 0 Å². The van der Waals surface area contributed by atoms with Crippen molar-refractivity contribution in [1.82, 2.24) is 5.32 Å². The summed E-state index contributed by atoms with van der Waals surface area (Å²) in [6.45, 7) is 4.34. The molecule has 0 aliphatic carbocycles. The van der Waals surface area contributed by atoms with Gasteiger partial charge in [0.2, 0.25) is 0 Å². The first-order valence-electron chi connectivity index (χ1n) is 4.75. The Morgan fingerprint density at radius 1 is 1.77 bits per heavy atom. The van der Waals surface area contributed by atoms with Gasteiger partial charge in [0.25, 0.3) is 0 Å². The van der Waals surface area contributed by atoms with Gasteiger partial charge < -0.3 is 5.11 Å². The standard InChI is InChI=1S/C9H17NO2S/c1-3-4-6(2)8-10-7(5-13-8)9(11)12/h6-8,10H,3-5H2,1-2H3,(H,11,12)/t6?,7-,8?/m1/s1. The van der Waals surface area contributed by atoms with Crippen LogP contribution in [-0.4, -0.2) is 28.2 Å². The SMILES string of the molecule is CCCC(C)C1N[C@@H](C(=O)O)CS1. The minimum absolute atomic E-state index is 0.334. The van der Waals surface area contributed by atoms with Crippen LogP contribution in [0.1, 0.15) is 26.7 Å². The van der Waals surface area contributed by atoms with Crippen molar-refractivity contribution in [2.24, 2.45) is 5.92 Å². The maximum absolute atomic E-state index is 10.7. The van der Waals surface area contributed by atoms with E-state index in [9.17, 15) is 4.79 Å². The van der Waals surface area contributed by atoms with Crippen LogP contribution in [-0.2, 0) is 4.79 Å². The molecule has 0 amide bonds. The van der Waals surface area contributed by atoms with Gasteiger partial charge in [-0.15, -0.1) is 11.8 Å². The summed E-state index contributed by atoms with van der Waals surface area (Å²) >= 11 is 1.73. The summed E-state index contributed by atoms with van der Waals surface area (Å²) in [5.41, 5.74) is 0. The first kappa shape index (κ1) is 10.9. The molecule has 0 saturated carbocycles. The van der Waals surface area contributed by atoms with Crippen LogP contribution in [0.2, 0.25) is 0 Å². The molecule has 76 valence electrons. The summed E-state index contributed by atoms with van der Waals surface area (Å²) in [5.74, 6) is 0.548. The normalized spacial score (nSPS) is 30.3. The summed E-state index contributed by atoms with van der Waals surface area (Å²) in [5, 5.41) is 12.2. The van der Waals surface area contributed by atoms with E-state index in [1.165, 1.54) is 0 Å². The molecule has 1 fully saturated rings. The molecule has 0 aromatic carbocycles. The second kappa shape index (κ2) is 4.86. The first-order chi connectivity index (χ1) is 6.15. The third-order valence-electron chi connectivity index (χ3n) is 2.37. The predicted molar refractivity (Wildman–Crippen MR) is 54.9 cm³/mol. The number of hydrogen-bond donors (Lipinski definition) is 2. The highest BCUT2D eigenvalue weighted by Gasteiger charge is 2.31. The van der Waals surface area contributed by atoms with Crippen molar-refractivity contribution in [3.8, 4) is 0 Å². The van der Waals surface area contributed by atoms with E-state index in [1.807, 2.05) is 0 Å². The second-order valence-corrected chi connectivity index (χ2v) is 4.75. The Hall–Kier alpha value is -0.220. The lowest BCUT2D eigenvalue weighted by Gasteiger charge is -2.18. The first-order valence-corrected chi connectivity index (χ1v) is 5.80. The molecular weight excluding hydrogens is 186 g/mol. The Kier molecular flexibility index (Phi) is 4.06. The monoisotopic (exact) mass is 203 g/mol. The zero-order chi connectivity index (χ0) is 9.84. The highest BCUT2D eigenvalue weighted by atomic mass is 32.2. The molecule has 1 heterocycles. The largest absolute Gasteiger partial charge is 0.480 e. The summed E-state index contributed by atoms with van der Waals surface area (Å²) in [6, 6.07) is -0.339. The van der Waals surface area contributed by atoms with E-state index in [2.05, 4.69) is 19.2 Å². The van der Waals surface area contributed by atoms with E-state index in [-0.39, 0.29) is 6.04 Å². The molecule has 0 radical (unpaired) electrons. The van der Waals surface area contributed by atoms with Crippen LogP contribution in [0.3, 0.4) is 0 Å². The Labute approximate surface area is 83.3 Å². The number of thioether (sulfide) groups is 1. The quantitative estimate of drug-likeness (QED) is 0.727. The molecule has 1 aliphatic heterocycles. The van der Waals surface area contributed by atoms with Gasteiger partial charge in [0, 0.05) is 5.75 Å². The molecule has 1 saturated heterocycles. The molecular formula is C9H17NO2S. The van der Waals surface area contributed by atoms with Gasteiger partial charge in [-0.25, -0.2) is 0 Å². The summed E-state index contributed by atoms with van der Waals surface area (Å²) in [6.07, 6.45) is 2.33. The third-order valence-corrected chi connectivity index (χ3v) is 3.85. The van der Waals surface area contributed by atoms with Crippen LogP contribution >= 0.6 is 11.8 Å². The number of carboxylic acids is 1. The van der Waals surface area contributed by atoms with Gasteiger partial charge in [0.1, 0.15) is 6.04 Å². The van der Waals surface area contributed by atoms with Crippen LogP contribution in [0.25, 0.3) is 0 Å². The highest BCUT2D eigenvalue weighted by Crippen LogP contribution is 2.27. The third kappa shape index (κ3) is 2.88. The van der Waals surface area contributed by atoms with E-state index in [0.717, 1.165) is 12.8 Å². The summed E-state index contributed by atoms with van der Waals surface area (Å²) < 4.78 is 0. The van der Waals surface area contributed by atoms with E-state index >= 15 is 0 Å². The van der Waals surface area contributed by atoms with Gasteiger partial charge in [-0.3, -0.25) is 10.1 Å². The molecule has 4 heteroatoms. The number of nitrogens with one attached hydrogen (secondary N) is 1. The van der Waals surface area contributed by atoms with Crippen LogP contribution in [0.4, 0.5) is 0 Å². The van der Waals surface area contributed by atoms with E-state index in [1.54, 1.807) is 11.8 Å². The Morgan fingerprint density at radius 2 is 2.46 bits per heavy atom. The van der Waals surface area contributed by atoms with Crippen LogP contribution in [0.15, 0.2) is 0 Å². The molecule has 3 atom stereocenters. The maximum atomic E-state index is 10.7. The predicted octanol–water partition coefficient (Wildman–Crippen LogP) is 1.54. The van der Waals surface area contributed by atoms with Crippen molar-refractivity contribution in [2.75, 3.05) is 5.75 Å². The number of rotatable bonds is 4. The number of carboxylic acid groups (broad SMARTS) is 1. The second-order valence-electron chi connectivity index (χ2n) is 3.58. The van der Waals surface area contributed by atoms with Gasteiger partial charge in [-0.2, -0.15) is 0 Å². The molecule has 1 rings (SSSR count). The van der Waals surface area contributed by atoms with Gasteiger partial charge in [0.15, 0.2) is 0 Å². The van der Waals surface area contributed by atoms with E-state index in [4.69, 9.17) is 5.11 Å². The lowest BCUT2D eigenvalue weighted by Crippen LogP contribution is -2.38. The Bertz CT molecular complexity index is 186. The fourth-order valence-electron chi connectivity index (χ4n) is 1.57. The van der Waals surface area contributed by atoms with Crippen LogP contribution in [0, 0.1) is 5.92 Å². The minimum atomic E-state index is -0.723. The molecule has 2 unspecified atom stereocenters. The van der Waals surface area contributed by atoms with Crippen molar-refractivity contribution in [2.45, 2.75) is 38.1 Å². The maximum Gasteiger partial charge on any atom is 0.321 e.